The first kappa shape index (κ1) is 14.7. The average molecular weight is 273 g/mol. The molecule has 1 N–H and O–H groups in total. The smallest absolute Gasteiger partial charge is 0.118 e. The van der Waals surface area contributed by atoms with Crippen molar-refractivity contribution >= 4 is 0 Å². The molecule has 0 aliphatic carbocycles. The van der Waals surface area contributed by atoms with E-state index >= 15 is 0 Å². The van der Waals surface area contributed by atoms with E-state index in [9.17, 15) is 0 Å². The van der Waals surface area contributed by atoms with Gasteiger partial charge >= 0.3 is 0 Å². The fraction of sp³-hybridized carbons (Fsp3) is 0.412. The summed E-state index contributed by atoms with van der Waals surface area (Å²) in [6.45, 7) is 4.02. The molecule has 1 heterocycles. The Labute approximate surface area is 121 Å². The second-order valence-electron chi connectivity index (χ2n) is 5.10. The summed E-state index contributed by atoms with van der Waals surface area (Å²) in [5.41, 5.74) is 2.59. The Morgan fingerprint density at radius 1 is 1.20 bits per heavy atom. The van der Waals surface area contributed by atoms with Crippen LogP contribution in [-0.4, -0.2) is 14.2 Å². The van der Waals surface area contributed by atoms with Gasteiger partial charge in [-0.1, -0.05) is 12.1 Å². The Hall–Kier alpha value is -1.74. The van der Waals surface area contributed by atoms with Gasteiger partial charge in [-0.05, 0) is 57.5 Å². The molecule has 2 aromatic rings. The summed E-state index contributed by atoms with van der Waals surface area (Å²) in [4.78, 5) is 0. The number of hydrogen-bond acceptors (Lipinski definition) is 3. The molecule has 0 aliphatic rings. The first-order valence-corrected chi connectivity index (χ1v) is 7.01. The van der Waals surface area contributed by atoms with Gasteiger partial charge in [-0.3, -0.25) is 0 Å². The zero-order valence-electron chi connectivity index (χ0n) is 12.7. The predicted octanol–water partition coefficient (Wildman–Crippen LogP) is 3.80. The molecule has 1 atom stereocenters. The molecule has 0 amide bonds. The van der Waals surface area contributed by atoms with Crippen molar-refractivity contribution in [1.82, 2.24) is 5.32 Å². The molecule has 1 unspecified atom stereocenters. The maximum Gasteiger partial charge on any atom is 0.118 e. The number of methoxy groups -OCH3 is 1. The highest BCUT2D eigenvalue weighted by atomic mass is 16.5. The van der Waals surface area contributed by atoms with Crippen molar-refractivity contribution in [2.75, 3.05) is 14.2 Å². The molecular formula is C17H23NO2. The molecule has 2 rings (SSSR count). The predicted molar refractivity (Wildman–Crippen MR) is 81.3 cm³/mol. The van der Waals surface area contributed by atoms with Crippen LogP contribution >= 0.6 is 0 Å². The fourth-order valence-electron chi connectivity index (χ4n) is 2.55. The van der Waals surface area contributed by atoms with E-state index in [4.69, 9.17) is 9.15 Å². The lowest BCUT2D eigenvalue weighted by molar-refractivity contribution is 0.414. The summed E-state index contributed by atoms with van der Waals surface area (Å²) in [6, 6.07) is 10.7. The number of ether oxygens (including phenoxy) is 1. The van der Waals surface area contributed by atoms with Gasteiger partial charge in [-0.2, -0.15) is 0 Å². The monoisotopic (exact) mass is 273 g/mol. The van der Waals surface area contributed by atoms with Crippen LogP contribution in [0.4, 0.5) is 0 Å². The van der Waals surface area contributed by atoms with Crippen LogP contribution in [0, 0.1) is 13.8 Å². The van der Waals surface area contributed by atoms with Crippen LogP contribution in [0.15, 0.2) is 34.7 Å². The van der Waals surface area contributed by atoms with Gasteiger partial charge in [-0.15, -0.1) is 0 Å². The van der Waals surface area contributed by atoms with E-state index in [1.165, 1.54) is 11.1 Å². The summed E-state index contributed by atoms with van der Waals surface area (Å²) in [6.07, 6.45) is 2.07. The quantitative estimate of drug-likeness (QED) is 0.869. The molecule has 20 heavy (non-hydrogen) atoms. The number of nitrogens with one attached hydrogen (secondary N) is 1. The van der Waals surface area contributed by atoms with E-state index in [1.807, 2.05) is 33.0 Å². The van der Waals surface area contributed by atoms with E-state index in [-0.39, 0.29) is 0 Å². The minimum Gasteiger partial charge on any atom is -0.497 e. The van der Waals surface area contributed by atoms with Gasteiger partial charge in [0.2, 0.25) is 0 Å². The molecule has 0 bridgehead atoms. The standard InChI is InChI=1S/C17H23NO2/c1-12-11-16(13(2)20-12)17(18-3)10-7-14-5-8-15(19-4)9-6-14/h5-6,8-9,11,17-18H,7,10H2,1-4H3. The Balaban J connectivity index is 2.01. The zero-order chi connectivity index (χ0) is 14.5. The van der Waals surface area contributed by atoms with Gasteiger partial charge in [0, 0.05) is 11.6 Å². The summed E-state index contributed by atoms with van der Waals surface area (Å²) >= 11 is 0. The molecule has 108 valence electrons. The van der Waals surface area contributed by atoms with Crippen LogP contribution in [0.3, 0.4) is 0 Å². The van der Waals surface area contributed by atoms with Gasteiger partial charge in [-0.25, -0.2) is 0 Å². The van der Waals surface area contributed by atoms with Crippen molar-refractivity contribution < 1.29 is 9.15 Å². The Bertz CT molecular complexity index is 543. The number of rotatable bonds is 6. The van der Waals surface area contributed by atoms with Crippen molar-refractivity contribution in [2.24, 2.45) is 0 Å². The van der Waals surface area contributed by atoms with E-state index in [0.717, 1.165) is 30.1 Å². The van der Waals surface area contributed by atoms with Gasteiger partial charge in [0.25, 0.3) is 0 Å². The number of hydrogen-bond donors (Lipinski definition) is 1. The maximum absolute atomic E-state index is 5.62. The van der Waals surface area contributed by atoms with Crippen LogP contribution < -0.4 is 10.1 Å². The van der Waals surface area contributed by atoms with Crippen LogP contribution in [0.1, 0.15) is 35.1 Å². The highest BCUT2D eigenvalue weighted by molar-refractivity contribution is 5.28. The number of aryl methyl sites for hydroxylation is 3. The lowest BCUT2D eigenvalue weighted by Gasteiger charge is -2.15. The topological polar surface area (TPSA) is 34.4 Å². The normalized spacial score (nSPS) is 12.4. The minimum atomic E-state index is 0.328. The lowest BCUT2D eigenvalue weighted by atomic mass is 9.99. The van der Waals surface area contributed by atoms with E-state index in [0.29, 0.717) is 6.04 Å². The van der Waals surface area contributed by atoms with Crippen molar-refractivity contribution in [2.45, 2.75) is 32.7 Å². The fourth-order valence-corrected chi connectivity index (χ4v) is 2.55. The van der Waals surface area contributed by atoms with Gasteiger partial charge in [0.1, 0.15) is 17.3 Å². The second-order valence-corrected chi connectivity index (χ2v) is 5.10. The Kier molecular flexibility index (Phi) is 4.85. The number of benzene rings is 1. The van der Waals surface area contributed by atoms with E-state index in [2.05, 4.69) is 23.5 Å². The summed E-state index contributed by atoms with van der Waals surface area (Å²) < 4.78 is 10.8. The minimum absolute atomic E-state index is 0.328. The molecule has 0 saturated carbocycles. The van der Waals surface area contributed by atoms with Crippen LogP contribution in [0.5, 0.6) is 5.75 Å². The van der Waals surface area contributed by atoms with Crippen molar-refractivity contribution in [3.05, 3.63) is 53.0 Å². The summed E-state index contributed by atoms with van der Waals surface area (Å²) in [5, 5.41) is 3.38. The van der Waals surface area contributed by atoms with Gasteiger partial charge in [0.15, 0.2) is 0 Å². The first-order chi connectivity index (χ1) is 9.63. The highest BCUT2D eigenvalue weighted by Gasteiger charge is 2.15. The zero-order valence-corrected chi connectivity index (χ0v) is 12.7. The van der Waals surface area contributed by atoms with Crippen LogP contribution in [-0.2, 0) is 6.42 Å². The third-order valence-corrected chi connectivity index (χ3v) is 3.68. The molecule has 0 spiro atoms. The van der Waals surface area contributed by atoms with Crippen molar-refractivity contribution in [3.63, 3.8) is 0 Å². The first-order valence-electron chi connectivity index (χ1n) is 7.01. The van der Waals surface area contributed by atoms with Gasteiger partial charge in [0.05, 0.1) is 7.11 Å². The van der Waals surface area contributed by atoms with Crippen molar-refractivity contribution in [3.8, 4) is 5.75 Å². The average Bonchev–Trinajstić information content (AvgIpc) is 2.79. The maximum atomic E-state index is 5.62. The van der Waals surface area contributed by atoms with Crippen molar-refractivity contribution in [1.29, 1.82) is 0 Å². The second kappa shape index (κ2) is 6.62. The molecule has 3 heteroatoms. The largest absolute Gasteiger partial charge is 0.497 e. The third-order valence-electron chi connectivity index (χ3n) is 3.68. The molecule has 3 nitrogen and oxygen atoms in total. The number of furan rings is 1. The van der Waals surface area contributed by atoms with E-state index in [1.54, 1.807) is 7.11 Å². The molecule has 0 radical (unpaired) electrons. The van der Waals surface area contributed by atoms with E-state index < -0.39 is 0 Å². The Morgan fingerprint density at radius 2 is 1.90 bits per heavy atom. The lowest BCUT2D eigenvalue weighted by Crippen LogP contribution is -2.17. The molecule has 0 saturated heterocycles. The molecule has 1 aromatic heterocycles. The molecule has 0 aliphatic heterocycles. The summed E-state index contributed by atoms with van der Waals surface area (Å²) in [5.74, 6) is 2.89. The molecule has 0 fully saturated rings. The molecule has 1 aromatic carbocycles. The highest BCUT2D eigenvalue weighted by Crippen LogP contribution is 2.25. The third kappa shape index (κ3) is 3.42. The molecular weight excluding hydrogens is 250 g/mol. The van der Waals surface area contributed by atoms with Crippen LogP contribution in [0.2, 0.25) is 0 Å². The van der Waals surface area contributed by atoms with Crippen LogP contribution in [0.25, 0.3) is 0 Å². The SMILES string of the molecule is CNC(CCc1ccc(OC)cc1)c1cc(C)oc1C. The Morgan fingerprint density at radius 3 is 2.40 bits per heavy atom. The summed E-state index contributed by atoms with van der Waals surface area (Å²) in [7, 11) is 3.69. The van der Waals surface area contributed by atoms with Gasteiger partial charge < -0.3 is 14.5 Å².